The van der Waals surface area contributed by atoms with E-state index in [2.05, 4.69) is 10.2 Å². The molecule has 0 aliphatic carbocycles. The number of hydrogen-bond donors (Lipinski definition) is 1. The standard InChI is InChI=1S/C21H22FN3O4/c22-15-5-7-16(8-6-15)24-9-11-25(12-10-24)21(27)20(26)23-13-17-14-28-18-3-1-2-4-19(18)29-17/h1-8,17H,9-14H2,(H,23,26). The van der Waals surface area contributed by atoms with Gasteiger partial charge in [0.2, 0.25) is 0 Å². The minimum absolute atomic E-state index is 0.189. The molecule has 0 bridgehead atoms. The maximum Gasteiger partial charge on any atom is 0.312 e. The molecule has 7 nitrogen and oxygen atoms in total. The Labute approximate surface area is 168 Å². The average molecular weight is 399 g/mol. The summed E-state index contributed by atoms with van der Waals surface area (Å²) in [5.74, 6) is -0.190. The zero-order chi connectivity index (χ0) is 20.2. The molecule has 4 rings (SSSR count). The van der Waals surface area contributed by atoms with Crippen LogP contribution in [0.3, 0.4) is 0 Å². The Morgan fingerprint density at radius 3 is 2.41 bits per heavy atom. The molecule has 2 aromatic carbocycles. The molecule has 1 saturated heterocycles. The number of carbonyl (C=O) groups is 2. The summed E-state index contributed by atoms with van der Waals surface area (Å²) in [5, 5.41) is 2.64. The van der Waals surface area contributed by atoms with Gasteiger partial charge < -0.3 is 24.6 Å². The van der Waals surface area contributed by atoms with E-state index in [0.29, 0.717) is 44.3 Å². The van der Waals surface area contributed by atoms with Gasteiger partial charge in [-0.25, -0.2) is 4.39 Å². The third-order valence-corrected chi connectivity index (χ3v) is 5.01. The topological polar surface area (TPSA) is 71.1 Å². The molecule has 152 valence electrons. The van der Waals surface area contributed by atoms with Crippen LogP contribution in [0.1, 0.15) is 0 Å². The smallest absolute Gasteiger partial charge is 0.312 e. The average Bonchev–Trinajstić information content (AvgIpc) is 2.77. The van der Waals surface area contributed by atoms with Gasteiger partial charge in [-0.05, 0) is 36.4 Å². The van der Waals surface area contributed by atoms with Crippen molar-refractivity contribution in [2.75, 3.05) is 44.2 Å². The first-order valence-corrected chi connectivity index (χ1v) is 9.56. The van der Waals surface area contributed by atoms with Crippen LogP contribution in [0.4, 0.5) is 10.1 Å². The number of ether oxygens (including phenoxy) is 2. The van der Waals surface area contributed by atoms with Gasteiger partial charge >= 0.3 is 11.8 Å². The number of piperazine rings is 1. The lowest BCUT2D eigenvalue weighted by molar-refractivity contribution is -0.146. The number of anilines is 1. The Hall–Kier alpha value is -3.29. The SMILES string of the molecule is O=C(NCC1COc2ccccc2O1)C(=O)N1CCN(c2ccc(F)cc2)CC1. The normalized spacial score (nSPS) is 18.3. The molecule has 0 radical (unpaired) electrons. The molecule has 1 atom stereocenters. The molecule has 2 aliphatic rings. The van der Waals surface area contributed by atoms with E-state index in [9.17, 15) is 14.0 Å². The lowest BCUT2D eigenvalue weighted by Gasteiger charge is -2.35. The third kappa shape index (κ3) is 4.42. The quantitative estimate of drug-likeness (QED) is 0.791. The van der Waals surface area contributed by atoms with E-state index in [1.54, 1.807) is 18.2 Å². The Morgan fingerprint density at radius 1 is 1.00 bits per heavy atom. The summed E-state index contributed by atoms with van der Waals surface area (Å²) < 4.78 is 24.4. The Morgan fingerprint density at radius 2 is 1.69 bits per heavy atom. The number of halogens is 1. The number of amides is 2. The van der Waals surface area contributed by atoms with Crippen molar-refractivity contribution in [1.29, 1.82) is 0 Å². The van der Waals surface area contributed by atoms with Gasteiger partial charge in [-0.15, -0.1) is 0 Å². The number of fused-ring (bicyclic) bond motifs is 1. The van der Waals surface area contributed by atoms with Gasteiger partial charge in [-0.2, -0.15) is 0 Å². The fraction of sp³-hybridized carbons (Fsp3) is 0.333. The fourth-order valence-corrected chi connectivity index (χ4v) is 3.41. The van der Waals surface area contributed by atoms with Gasteiger partial charge in [0.05, 0.1) is 6.54 Å². The van der Waals surface area contributed by atoms with Crippen LogP contribution < -0.4 is 19.7 Å². The molecule has 2 amide bonds. The first kappa shape index (κ1) is 19.0. The molecular weight excluding hydrogens is 377 g/mol. The van der Waals surface area contributed by atoms with Gasteiger partial charge in [-0.1, -0.05) is 12.1 Å². The molecule has 1 fully saturated rings. The molecule has 2 aliphatic heterocycles. The monoisotopic (exact) mass is 399 g/mol. The van der Waals surface area contributed by atoms with Gasteiger partial charge in [0.25, 0.3) is 0 Å². The second-order valence-electron chi connectivity index (χ2n) is 6.96. The second kappa shape index (κ2) is 8.38. The van der Waals surface area contributed by atoms with Gasteiger partial charge in [0.1, 0.15) is 18.5 Å². The number of nitrogens with zero attached hydrogens (tertiary/aromatic N) is 2. The predicted octanol–water partition coefficient (Wildman–Crippen LogP) is 1.43. The minimum Gasteiger partial charge on any atom is -0.486 e. The van der Waals surface area contributed by atoms with Crippen LogP contribution in [0, 0.1) is 5.82 Å². The molecule has 1 N–H and O–H groups in total. The summed E-state index contributed by atoms with van der Waals surface area (Å²) >= 11 is 0. The number of hydrogen-bond acceptors (Lipinski definition) is 5. The molecular formula is C21H22FN3O4. The van der Waals surface area contributed by atoms with E-state index in [4.69, 9.17) is 9.47 Å². The first-order valence-electron chi connectivity index (χ1n) is 9.56. The summed E-state index contributed by atoms with van der Waals surface area (Å²) in [6, 6.07) is 13.6. The lowest BCUT2D eigenvalue weighted by atomic mass is 10.2. The van der Waals surface area contributed by atoms with Crippen molar-refractivity contribution in [3.8, 4) is 11.5 Å². The summed E-state index contributed by atoms with van der Waals surface area (Å²) in [7, 11) is 0. The van der Waals surface area contributed by atoms with Crippen LogP contribution in [0.2, 0.25) is 0 Å². The number of rotatable bonds is 3. The molecule has 2 aromatic rings. The van der Waals surface area contributed by atoms with Crippen molar-refractivity contribution in [2.24, 2.45) is 0 Å². The maximum atomic E-state index is 13.1. The minimum atomic E-state index is -0.650. The highest BCUT2D eigenvalue weighted by Crippen LogP contribution is 2.30. The van der Waals surface area contributed by atoms with E-state index >= 15 is 0 Å². The molecule has 0 spiro atoms. The summed E-state index contributed by atoms with van der Waals surface area (Å²) in [5.41, 5.74) is 0.901. The van der Waals surface area contributed by atoms with Crippen LogP contribution in [-0.2, 0) is 9.59 Å². The second-order valence-corrected chi connectivity index (χ2v) is 6.96. The summed E-state index contributed by atoms with van der Waals surface area (Å²) in [4.78, 5) is 28.3. The Kier molecular flexibility index (Phi) is 5.50. The van der Waals surface area contributed by atoms with Crippen LogP contribution >= 0.6 is 0 Å². The number of para-hydroxylation sites is 2. The van der Waals surface area contributed by atoms with Crippen molar-refractivity contribution < 1.29 is 23.5 Å². The highest BCUT2D eigenvalue weighted by atomic mass is 19.1. The highest BCUT2D eigenvalue weighted by Gasteiger charge is 2.28. The maximum absolute atomic E-state index is 13.1. The molecule has 2 heterocycles. The molecule has 0 saturated carbocycles. The van der Waals surface area contributed by atoms with Crippen molar-refractivity contribution in [2.45, 2.75) is 6.10 Å². The van der Waals surface area contributed by atoms with Gasteiger partial charge in [0, 0.05) is 31.9 Å². The first-order chi connectivity index (χ1) is 14.1. The van der Waals surface area contributed by atoms with E-state index < -0.39 is 11.8 Å². The fourth-order valence-electron chi connectivity index (χ4n) is 3.41. The predicted molar refractivity (Wildman–Crippen MR) is 105 cm³/mol. The lowest BCUT2D eigenvalue weighted by Crippen LogP contribution is -2.53. The molecule has 0 aromatic heterocycles. The highest BCUT2D eigenvalue weighted by molar-refractivity contribution is 6.35. The van der Waals surface area contributed by atoms with Crippen LogP contribution in [0.15, 0.2) is 48.5 Å². The van der Waals surface area contributed by atoms with E-state index in [-0.39, 0.29) is 18.5 Å². The van der Waals surface area contributed by atoms with Crippen LogP contribution in [0.5, 0.6) is 11.5 Å². The molecule has 1 unspecified atom stereocenters. The zero-order valence-electron chi connectivity index (χ0n) is 15.8. The van der Waals surface area contributed by atoms with E-state index in [1.807, 2.05) is 18.2 Å². The largest absolute Gasteiger partial charge is 0.486 e. The molecule has 29 heavy (non-hydrogen) atoms. The third-order valence-electron chi connectivity index (χ3n) is 5.01. The van der Waals surface area contributed by atoms with E-state index in [0.717, 1.165) is 5.69 Å². The number of carbonyl (C=O) groups excluding carboxylic acids is 2. The zero-order valence-corrected chi connectivity index (χ0v) is 15.8. The van der Waals surface area contributed by atoms with E-state index in [1.165, 1.54) is 17.0 Å². The van der Waals surface area contributed by atoms with Crippen LogP contribution in [-0.4, -0.2) is 62.1 Å². The Balaban J connectivity index is 1.24. The Bertz CT molecular complexity index is 882. The summed E-state index contributed by atoms with van der Waals surface area (Å²) in [6.07, 6.45) is -0.350. The van der Waals surface area contributed by atoms with Crippen molar-refractivity contribution in [3.63, 3.8) is 0 Å². The van der Waals surface area contributed by atoms with Gasteiger partial charge in [-0.3, -0.25) is 9.59 Å². The number of benzene rings is 2. The van der Waals surface area contributed by atoms with Crippen molar-refractivity contribution >= 4 is 17.5 Å². The number of nitrogens with one attached hydrogen (secondary N) is 1. The van der Waals surface area contributed by atoms with Crippen molar-refractivity contribution in [3.05, 3.63) is 54.3 Å². The van der Waals surface area contributed by atoms with Crippen LogP contribution in [0.25, 0.3) is 0 Å². The van der Waals surface area contributed by atoms with Gasteiger partial charge in [0.15, 0.2) is 11.5 Å². The summed E-state index contributed by atoms with van der Waals surface area (Å²) in [6.45, 7) is 2.53. The van der Waals surface area contributed by atoms with Crippen molar-refractivity contribution in [1.82, 2.24) is 10.2 Å². The molecule has 8 heteroatoms.